The van der Waals surface area contributed by atoms with Gasteiger partial charge in [-0.15, -0.1) is 0 Å². The van der Waals surface area contributed by atoms with Crippen LogP contribution in [0.3, 0.4) is 0 Å². The van der Waals surface area contributed by atoms with Crippen LogP contribution in [0.25, 0.3) is 22.0 Å². The first kappa shape index (κ1) is 15.8. The molecule has 25 heavy (non-hydrogen) atoms. The van der Waals surface area contributed by atoms with Gasteiger partial charge in [-0.2, -0.15) is 0 Å². The van der Waals surface area contributed by atoms with E-state index in [9.17, 15) is 9.18 Å². The maximum Gasteiger partial charge on any atom is 0.253 e. The van der Waals surface area contributed by atoms with Crippen molar-refractivity contribution in [2.45, 2.75) is 26.8 Å². The number of nitrogens with one attached hydrogen (secondary N) is 2. The van der Waals surface area contributed by atoms with Crippen LogP contribution in [0.1, 0.15) is 32.7 Å². The lowest BCUT2D eigenvalue weighted by atomic mass is 9.88. The second-order valence-electron chi connectivity index (χ2n) is 6.64. The molecule has 1 aliphatic heterocycles. The van der Waals surface area contributed by atoms with Crippen molar-refractivity contribution in [1.82, 2.24) is 10.3 Å². The lowest BCUT2D eigenvalue weighted by Gasteiger charge is -2.21. The van der Waals surface area contributed by atoms with Gasteiger partial charge in [0, 0.05) is 17.6 Å². The fourth-order valence-corrected chi connectivity index (χ4v) is 3.87. The summed E-state index contributed by atoms with van der Waals surface area (Å²) in [5, 5.41) is 4.24. The van der Waals surface area contributed by atoms with Gasteiger partial charge in [0.2, 0.25) is 0 Å². The molecule has 0 aliphatic carbocycles. The Hall–Kier alpha value is -2.66. The molecule has 0 unspecified atom stereocenters. The van der Waals surface area contributed by atoms with Crippen molar-refractivity contribution in [3.05, 3.63) is 58.0 Å². The Morgan fingerprint density at radius 2 is 2.04 bits per heavy atom. The van der Waals surface area contributed by atoms with E-state index in [4.69, 9.17) is 5.73 Å². The number of amides is 1. The molecule has 0 bridgehead atoms. The summed E-state index contributed by atoms with van der Waals surface area (Å²) in [5.41, 5.74) is 12.1. The third-order valence-corrected chi connectivity index (χ3v) is 5.21. The summed E-state index contributed by atoms with van der Waals surface area (Å²) in [6.45, 7) is 5.63. The molecule has 1 aliphatic rings. The van der Waals surface area contributed by atoms with Crippen LogP contribution in [-0.2, 0) is 13.0 Å². The number of benzene rings is 2. The highest BCUT2D eigenvalue weighted by atomic mass is 19.1. The first-order valence-electron chi connectivity index (χ1n) is 8.42. The van der Waals surface area contributed by atoms with Crippen molar-refractivity contribution in [1.29, 1.82) is 0 Å². The van der Waals surface area contributed by atoms with E-state index in [1.54, 1.807) is 0 Å². The van der Waals surface area contributed by atoms with Crippen LogP contribution in [0, 0.1) is 19.7 Å². The molecule has 3 aromatic rings. The Kier molecular flexibility index (Phi) is 3.62. The van der Waals surface area contributed by atoms with Gasteiger partial charge in [0.05, 0.1) is 11.1 Å². The molecule has 0 saturated carbocycles. The number of hydrogen-bond donors (Lipinski definition) is 3. The van der Waals surface area contributed by atoms with Gasteiger partial charge < -0.3 is 16.0 Å². The molecular weight excluding hydrogens is 317 g/mol. The molecule has 4 rings (SSSR count). The van der Waals surface area contributed by atoms with E-state index >= 15 is 0 Å². The number of aromatic nitrogens is 1. The quantitative estimate of drug-likeness (QED) is 0.671. The van der Waals surface area contributed by atoms with Gasteiger partial charge in [0.25, 0.3) is 5.91 Å². The number of aryl methyl sites for hydroxylation is 2. The average molecular weight is 337 g/mol. The van der Waals surface area contributed by atoms with Gasteiger partial charge in [0.15, 0.2) is 0 Å². The Labute approximate surface area is 145 Å². The van der Waals surface area contributed by atoms with Gasteiger partial charge >= 0.3 is 0 Å². The zero-order chi connectivity index (χ0) is 17.7. The largest absolute Gasteiger partial charge is 0.365 e. The molecular formula is C20H20FN3O. The fraction of sp³-hybridized carbons (Fsp3) is 0.250. The van der Waals surface area contributed by atoms with Gasteiger partial charge in [-0.3, -0.25) is 4.79 Å². The molecule has 1 aromatic heterocycles. The SMILES string of the molecule is Cc1[nH]c2c(C(N)=O)c(F)cc(-c3cccc4c3CCNC4)c2c1C. The molecule has 2 heterocycles. The van der Waals surface area contributed by atoms with Crippen LogP contribution in [0.2, 0.25) is 0 Å². The molecule has 0 spiro atoms. The Bertz CT molecular complexity index is 1020. The smallest absolute Gasteiger partial charge is 0.253 e. The summed E-state index contributed by atoms with van der Waals surface area (Å²) < 4.78 is 14.8. The Balaban J connectivity index is 2.11. The number of primary amides is 1. The maximum absolute atomic E-state index is 14.8. The van der Waals surface area contributed by atoms with Crippen LogP contribution < -0.4 is 11.1 Å². The third-order valence-electron chi connectivity index (χ3n) is 5.21. The van der Waals surface area contributed by atoms with Crippen molar-refractivity contribution < 1.29 is 9.18 Å². The minimum Gasteiger partial charge on any atom is -0.365 e. The third kappa shape index (κ3) is 2.35. The minimum absolute atomic E-state index is 0.0681. The lowest BCUT2D eigenvalue weighted by Crippen LogP contribution is -2.24. The van der Waals surface area contributed by atoms with Gasteiger partial charge in [0.1, 0.15) is 5.82 Å². The number of aromatic amines is 1. The van der Waals surface area contributed by atoms with E-state index in [2.05, 4.69) is 16.4 Å². The van der Waals surface area contributed by atoms with E-state index < -0.39 is 11.7 Å². The molecule has 0 saturated heterocycles. The summed E-state index contributed by atoms with van der Waals surface area (Å²) in [6, 6.07) is 7.59. The van der Waals surface area contributed by atoms with Gasteiger partial charge in [-0.25, -0.2) is 4.39 Å². The van der Waals surface area contributed by atoms with Crippen LogP contribution in [0.4, 0.5) is 4.39 Å². The second kappa shape index (κ2) is 5.70. The molecule has 4 nitrogen and oxygen atoms in total. The van der Waals surface area contributed by atoms with Crippen molar-refractivity contribution >= 4 is 16.8 Å². The maximum atomic E-state index is 14.8. The predicted molar refractivity (Wildman–Crippen MR) is 97.1 cm³/mol. The van der Waals surface area contributed by atoms with E-state index in [1.807, 2.05) is 26.0 Å². The molecule has 0 radical (unpaired) electrons. The number of carbonyl (C=O) groups excluding carboxylic acids is 1. The van der Waals surface area contributed by atoms with E-state index in [-0.39, 0.29) is 5.56 Å². The van der Waals surface area contributed by atoms with Crippen LogP contribution in [0.5, 0.6) is 0 Å². The van der Waals surface area contributed by atoms with Crippen molar-refractivity contribution in [2.24, 2.45) is 5.73 Å². The molecule has 0 atom stereocenters. The first-order valence-corrected chi connectivity index (χ1v) is 8.42. The highest BCUT2D eigenvalue weighted by Crippen LogP contribution is 2.38. The van der Waals surface area contributed by atoms with E-state index in [0.29, 0.717) is 5.52 Å². The summed E-state index contributed by atoms with van der Waals surface area (Å²) in [7, 11) is 0. The zero-order valence-corrected chi connectivity index (χ0v) is 14.3. The van der Waals surface area contributed by atoms with Gasteiger partial charge in [-0.05, 0) is 60.7 Å². The van der Waals surface area contributed by atoms with E-state index in [0.717, 1.165) is 47.3 Å². The number of nitrogens with two attached hydrogens (primary N) is 1. The van der Waals surface area contributed by atoms with Crippen LogP contribution >= 0.6 is 0 Å². The molecule has 4 N–H and O–H groups in total. The summed E-state index contributed by atoms with van der Waals surface area (Å²) in [5.74, 6) is -1.34. The highest BCUT2D eigenvalue weighted by Gasteiger charge is 2.23. The number of hydrogen-bond acceptors (Lipinski definition) is 2. The van der Waals surface area contributed by atoms with Crippen molar-refractivity contribution in [2.75, 3.05) is 6.54 Å². The van der Waals surface area contributed by atoms with Crippen molar-refractivity contribution in [3.8, 4) is 11.1 Å². The molecule has 1 amide bonds. The van der Waals surface area contributed by atoms with Gasteiger partial charge in [-0.1, -0.05) is 18.2 Å². The number of fused-ring (bicyclic) bond motifs is 2. The van der Waals surface area contributed by atoms with Crippen molar-refractivity contribution in [3.63, 3.8) is 0 Å². The molecule has 0 fully saturated rings. The molecule has 5 heteroatoms. The standard InChI is InChI=1S/C20H20FN3O/c1-10-11(2)24-19-17(10)15(8-16(21)18(19)20(22)25)14-5-3-4-12-9-23-7-6-13(12)14/h3-5,8,23-24H,6-7,9H2,1-2H3,(H2,22,25). The lowest BCUT2D eigenvalue weighted by molar-refractivity contribution is 0.0998. The number of halogens is 1. The fourth-order valence-electron chi connectivity index (χ4n) is 3.87. The molecule has 128 valence electrons. The van der Waals surface area contributed by atoms with Crippen LogP contribution in [-0.4, -0.2) is 17.4 Å². The average Bonchev–Trinajstić information content (AvgIpc) is 2.88. The Morgan fingerprint density at radius 1 is 1.24 bits per heavy atom. The highest BCUT2D eigenvalue weighted by molar-refractivity contribution is 6.11. The number of rotatable bonds is 2. The first-order chi connectivity index (χ1) is 12.0. The monoisotopic (exact) mass is 337 g/mol. The summed E-state index contributed by atoms with van der Waals surface area (Å²) >= 11 is 0. The summed E-state index contributed by atoms with van der Waals surface area (Å²) in [6.07, 6.45) is 0.897. The molecule has 2 aromatic carbocycles. The normalized spacial score (nSPS) is 13.9. The number of carbonyl (C=O) groups is 1. The minimum atomic E-state index is -0.755. The van der Waals surface area contributed by atoms with E-state index in [1.165, 1.54) is 17.2 Å². The Morgan fingerprint density at radius 3 is 2.80 bits per heavy atom. The summed E-state index contributed by atoms with van der Waals surface area (Å²) in [4.78, 5) is 14.9. The number of H-pyrrole nitrogens is 1. The van der Waals surface area contributed by atoms with Crippen LogP contribution in [0.15, 0.2) is 24.3 Å². The second-order valence-corrected chi connectivity index (χ2v) is 6.64. The predicted octanol–water partition coefficient (Wildman–Crippen LogP) is 3.34. The topological polar surface area (TPSA) is 70.9 Å². The zero-order valence-electron chi connectivity index (χ0n) is 14.3.